The molecule has 2 bridgehead atoms. The number of hydrogen-bond acceptors (Lipinski definition) is 4. The first-order valence-corrected chi connectivity index (χ1v) is 16.1. The summed E-state index contributed by atoms with van der Waals surface area (Å²) in [4.78, 5) is 44.7. The summed E-state index contributed by atoms with van der Waals surface area (Å²) in [7, 11) is 0. The number of benzene rings is 2. The largest absolute Gasteiger partial charge is 0.353 e. The standard InChI is InChI=1S/C33H42Cl2N4O3/c1-22-4-9-30(21-31(22)35)39(33(42)25-12-16-37(17-13-25)23(2)40)15-3-14-38-28-10-11-29(38)20-27(19-28)36-32(41)18-24-5-7-26(34)8-6-24/h4-9,21,25,27-29H,3,10-20H2,1-2H3,(H,36,41). The normalized spacial score (nSPS) is 22.7. The maximum absolute atomic E-state index is 13.8. The van der Waals surface area contributed by atoms with Crippen molar-refractivity contribution >= 4 is 46.6 Å². The molecule has 3 aliphatic heterocycles. The Morgan fingerprint density at radius 3 is 2.24 bits per heavy atom. The number of nitrogens with one attached hydrogen (secondary N) is 1. The molecule has 0 radical (unpaired) electrons. The molecule has 3 saturated heterocycles. The molecule has 7 nitrogen and oxygen atoms in total. The van der Waals surface area contributed by atoms with E-state index in [0.717, 1.165) is 55.5 Å². The van der Waals surface area contributed by atoms with Crippen molar-refractivity contribution in [2.24, 2.45) is 5.92 Å². The molecular weight excluding hydrogens is 571 g/mol. The van der Waals surface area contributed by atoms with Gasteiger partial charge in [0.15, 0.2) is 0 Å². The SMILES string of the molecule is CC(=O)N1CCC(C(=O)N(CCCN2C3CCC2CC(NC(=O)Cc2ccc(Cl)cc2)C3)c2ccc(C)c(Cl)c2)CC1. The molecule has 9 heteroatoms. The van der Waals surface area contributed by atoms with Gasteiger partial charge in [0.2, 0.25) is 17.7 Å². The summed E-state index contributed by atoms with van der Waals surface area (Å²) in [5, 5.41) is 4.62. The van der Waals surface area contributed by atoms with Gasteiger partial charge in [0.25, 0.3) is 0 Å². The summed E-state index contributed by atoms with van der Waals surface area (Å²) in [5.74, 6) is 0.171. The number of hydrogen-bond donors (Lipinski definition) is 1. The van der Waals surface area contributed by atoms with E-state index >= 15 is 0 Å². The zero-order chi connectivity index (χ0) is 29.8. The van der Waals surface area contributed by atoms with Crippen LogP contribution in [0.4, 0.5) is 5.69 Å². The van der Waals surface area contributed by atoms with E-state index in [1.54, 1.807) is 6.92 Å². The highest BCUT2D eigenvalue weighted by atomic mass is 35.5. The van der Waals surface area contributed by atoms with Crippen LogP contribution in [0.2, 0.25) is 10.0 Å². The van der Waals surface area contributed by atoms with E-state index in [2.05, 4.69) is 10.2 Å². The second-order valence-electron chi connectivity index (χ2n) is 12.2. The molecule has 2 aromatic rings. The first-order valence-electron chi connectivity index (χ1n) is 15.3. The van der Waals surface area contributed by atoms with Gasteiger partial charge in [-0.3, -0.25) is 19.3 Å². The van der Waals surface area contributed by atoms with E-state index in [-0.39, 0.29) is 29.7 Å². The van der Waals surface area contributed by atoms with Gasteiger partial charge >= 0.3 is 0 Å². The van der Waals surface area contributed by atoms with Gasteiger partial charge in [-0.2, -0.15) is 0 Å². The number of halogens is 2. The minimum Gasteiger partial charge on any atom is -0.353 e. The topological polar surface area (TPSA) is 73.0 Å². The molecule has 3 amide bonds. The average Bonchev–Trinajstić information content (AvgIpc) is 3.20. The lowest BCUT2D eigenvalue weighted by Crippen LogP contribution is -2.51. The Balaban J connectivity index is 1.16. The quantitative estimate of drug-likeness (QED) is 0.398. The van der Waals surface area contributed by atoms with Crippen molar-refractivity contribution in [3.05, 3.63) is 63.6 Å². The van der Waals surface area contributed by atoms with Crippen LogP contribution in [-0.4, -0.2) is 71.8 Å². The smallest absolute Gasteiger partial charge is 0.230 e. The van der Waals surface area contributed by atoms with E-state index in [1.807, 2.05) is 59.2 Å². The van der Waals surface area contributed by atoms with Crippen molar-refractivity contribution in [2.75, 3.05) is 31.1 Å². The predicted molar refractivity (Wildman–Crippen MR) is 168 cm³/mol. The van der Waals surface area contributed by atoms with Crippen LogP contribution >= 0.6 is 23.2 Å². The highest BCUT2D eigenvalue weighted by Gasteiger charge is 2.41. The summed E-state index contributed by atoms with van der Waals surface area (Å²) >= 11 is 12.5. The summed E-state index contributed by atoms with van der Waals surface area (Å²) in [6.07, 6.45) is 6.85. The molecule has 0 saturated carbocycles. The minimum atomic E-state index is -0.0934. The summed E-state index contributed by atoms with van der Waals surface area (Å²) in [5.41, 5.74) is 2.80. The van der Waals surface area contributed by atoms with Crippen LogP contribution in [0.5, 0.6) is 0 Å². The average molecular weight is 614 g/mol. The summed E-state index contributed by atoms with van der Waals surface area (Å²) in [6, 6.07) is 14.4. The van der Waals surface area contributed by atoms with Gasteiger partial charge in [0.1, 0.15) is 0 Å². The molecule has 42 heavy (non-hydrogen) atoms. The van der Waals surface area contributed by atoms with Gasteiger partial charge in [-0.15, -0.1) is 0 Å². The lowest BCUT2D eigenvalue weighted by Gasteiger charge is -2.40. The van der Waals surface area contributed by atoms with Crippen molar-refractivity contribution in [1.29, 1.82) is 0 Å². The molecule has 3 aliphatic rings. The lowest BCUT2D eigenvalue weighted by atomic mass is 9.94. The van der Waals surface area contributed by atoms with Crippen molar-refractivity contribution in [1.82, 2.24) is 15.1 Å². The molecule has 226 valence electrons. The fourth-order valence-electron chi connectivity index (χ4n) is 7.01. The Morgan fingerprint density at radius 2 is 1.62 bits per heavy atom. The predicted octanol–water partition coefficient (Wildman–Crippen LogP) is 5.64. The molecule has 3 fully saturated rings. The van der Waals surface area contributed by atoms with Crippen LogP contribution in [0.3, 0.4) is 0 Å². The molecule has 0 aromatic heterocycles. The van der Waals surface area contributed by atoms with Crippen LogP contribution in [0.25, 0.3) is 0 Å². The highest BCUT2D eigenvalue weighted by molar-refractivity contribution is 6.31. The first kappa shape index (κ1) is 30.8. The summed E-state index contributed by atoms with van der Waals surface area (Å²) in [6.45, 7) is 6.37. The van der Waals surface area contributed by atoms with Gasteiger partial charge in [-0.1, -0.05) is 41.4 Å². The number of piperidine rings is 2. The van der Waals surface area contributed by atoms with Gasteiger partial charge in [0, 0.05) is 72.9 Å². The van der Waals surface area contributed by atoms with Crippen LogP contribution in [0, 0.1) is 12.8 Å². The monoisotopic (exact) mass is 612 g/mol. The Bertz CT molecular complexity index is 1260. The van der Waals surface area contributed by atoms with Crippen molar-refractivity contribution in [3.63, 3.8) is 0 Å². The van der Waals surface area contributed by atoms with E-state index in [4.69, 9.17) is 23.2 Å². The summed E-state index contributed by atoms with van der Waals surface area (Å²) < 4.78 is 0. The van der Waals surface area contributed by atoms with Crippen molar-refractivity contribution in [3.8, 4) is 0 Å². The van der Waals surface area contributed by atoms with E-state index in [0.29, 0.717) is 61.0 Å². The third-order valence-electron chi connectivity index (χ3n) is 9.35. The second kappa shape index (κ2) is 13.8. The molecule has 2 unspecified atom stereocenters. The number of fused-ring (bicyclic) bond motifs is 2. The van der Waals surface area contributed by atoms with Gasteiger partial charge in [-0.05, 0) is 87.3 Å². The lowest BCUT2D eigenvalue weighted by molar-refractivity contribution is -0.133. The number of rotatable bonds is 9. The van der Waals surface area contributed by atoms with Gasteiger partial charge < -0.3 is 15.1 Å². The number of amides is 3. The molecule has 2 atom stereocenters. The Kier molecular flexibility index (Phi) is 10.1. The molecule has 5 rings (SSSR count). The third kappa shape index (κ3) is 7.47. The molecule has 0 spiro atoms. The zero-order valence-electron chi connectivity index (χ0n) is 24.7. The number of carbonyl (C=O) groups is 3. The zero-order valence-corrected chi connectivity index (χ0v) is 26.2. The molecule has 1 N–H and O–H groups in total. The first-order chi connectivity index (χ1) is 20.2. The van der Waals surface area contributed by atoms with Crippen LogP contribution in [0.15, 0.2) is 42.5 Å². The van der Waals surface area contributed by atoms with Crippen molar-refractivity contribution < 1.29 is 14.4 Å². The second-order valence-corrected chi connectivity index (χ2v) is 13.1. The molecular formula is C33H42Cl2N4O3. The van der Waals surface area contributed by atoms with Crippen LogP contribution in [0.1, 0.15) is 63.0 Å². The molecule has 2 aromatic carbocycles. The van der Waals surface area contributed by atoms with E-state index in [1.165, 1.54) is 0 Å². The number of aryl methyl sites for hydroxylation is 1. The van der Waals surface area contributed by atoms with Gasteiger partial charge in [-0.25, -0.2) is 0 Å². The highest BCUT2D eigenvalue weighted by Crippen LogP contribution is 2.36. The Hall–Kier alpha value is -2.61. The third-order valence-corrected chi connectivity index (χ3v) is 10.0. The van der Waals surface area contributed by atoms with E-state index < -0.39 is 0 Å². The van der Waals surface area contributed by atoms with Crippen molar-refractivity contribution in [2.45, 2.75) is 83.3 Å². The fourth-order valence-corrected chi connectivity index (χ4v) is 7.31. The maximum Gasteiger partial charge on any atom is 0.230 e. The molecule has 3 heterocycles. The van der Waals surface area contributed by atoms with Crippen LogP contribution < -0.4 is 10.2 Å². The van der Waals surface area contributed by atoms with Crippen LogP contribution in [-0.2, 0) is 20.8 Å². The Labute approximate surface area is 259 Å². The molecule has 0 aliphatic carbocycles. The number of carbonyl (C=O) groups excluding carboxylic acids is 3. The number of nitrogens with zero attached hydrogens (tertiary/aromatic N) is 3. The van der Waals surface area contributed by atoms with Gasteiger partial charge in [0.05, 0.1) is 6.42 Å². The number of likely N-dealkylation sites (tertiary alicyclic amines) is 1. The number of anilines is 1. The maximum atomic E-state index is 13.8. The fraction of sp³-hybridized carbons (Fsp3) is 0.545. The Morgan fingerprint density at radius 1 is 0.952 bits per heavy atom. The minimum absolute atomic E-state index is 0.0650. The van der Waals surface area contributed by atoms with E-state index in [9.17, 15) is 14.4 Å².